The Morgan fingerprint density at radius 3 is 2.88 bits per heavy atom. The quantitative estimate of drug-likeness (QED) is 0.559. The third-order valence-corrected chi connectivity index (χ3v) is 4.61. The second-order valence-corrected chi connectivity index (χ2v) is 6.67. The number of anilines is 1. The van der Waals surface area contributed by atoms with Gasteiger partial charge in [-0.3, -0.25) is 0 Å². The van der Waals surface area contributed by atoms with Gasteiger partial charge in [0.25, 0.3) is 0 Å². The van der Waals surface area contributed by atoms with Crippen LogP contribution in [0, 0.1) is 0 Å². The Labute approximate surface area is 150 Å². The van der Waals surface area contributed by atoms with Crippen LogP contribution in [-0.2, 0) is 6.42 Å². The van der Waals surface area contributed by atoms with E-state index in [9.17, 15) is 0 Å². The number of rotatable bonds is 2. The molecular formula is C17H12BrN5O2. The Bertz CT molecular complexity index is 1140. The lowest BCUT2D eigenvalue weighted by atomic mass is 10.1. The summed E-state index contributed by atoms with van der Waals surface area (Å²) in [6, 6.07) is 11.7. The molecule has 2 aromatic heterocycles. The van der Waals surface area contributed by atoms with Gasteiger partial charge >= 0.3 is 0 Å². The number of fused-ring (bicyclic) bond motifs is 4. The molecule has 2 N–H and O–H groups in total. The first-order valence-corrected chi connectivity index (χ1v) is 8.45. The number of benzene rings is 2. The van der Waals surface area contributed by atoms with Gasteiger partial charge < -0.3 is 15.2 Å². The standard InChI is InChI=1S/C17H12BrN5O2/c18-10-2-3-11-12(7-10)20-15(23-16(11)21-17(19)22-23)6-9-1-4-13-14(5-9)25-8-24-13/h1-5,7H,6,8H2,(H2,19,22). The summed E-state index contributed by atoms with van der Waals surface area (Å²) in [5.74, 6) is 2.48. The Morgan fingerprint density at radius 2 is 1.96 bits per heavy atom. The van der Waals surface area contributed by atoms with Crippen molar-refractivity contribution in [3.05, 3.63) is 52.3 Å². The van der Waals surface area contributed by atoms with Crippen LogP contribution in [0.15, 0.2) is 40.9 Å². The molecule has 0 atom stereocenters. The van der Waals surface area contributed by atoms with Gasteiger partial charge in [-0.15, -0.1) is 5.10 Å². The number of hydrogen-bond donors (Lipinski definition) is 1. The predicted octanol–water partition coefficient (Wildman–Crippen LogP) is 2.94. The molecule has 0 saturated carbocycles. The molecule has 0 radical (unpaired) electrons. The van der Waals surface area contributed by atoms with Crippen molar-refractivity contribution in [1.29, 1.82) is 0 Å². The Morgan fingerprint density at radius 1 is 1.08 bits per heavy atom. The number of ether oxygens (including phenoxy) is 2. The van der Waals surface area contributed by atoms with Crippen molar-refractivity contribution in [3.8, 4) is 11.5 Å². The zero-order valence-electron chi connectivity index (χ0n) is 12.9. The number of hydrogen-bond acceptors (Lipinski definition) is 6. The van der Waals surface area contributed by atoms with Crippen LogP contribution in [0.1, 0.15) is 11.4 Å². The molecule has 0 amide bonds. The van der Waals surface area contributed by atoms with Gasteiger partial charge in [0.1, 0.15) is 5.82 Å². The molecule has 7 nitrogen and oxygen atoms in total. The van der Waals surface area contributed by atoms with Gasteiger partial charge in [-0.1, -0.05) is 22.0 Å². The van der Waals surface area contributed by atoms with E-state index in [1.54, 1.807) is 4.52 Å². The zero-order valence-corrected chi connectivity index (χ0v) is 14.5. The summed E-state index contributed by atoms with van der Waals surface area (Å²) in [6.45, 7) is 0.255. The third kappa shape index (κ3) is 2.37. The molecule has 0 aliphatic carbocycles. The van der Waals surface area contributed by atoms with Crippen molar-refractivity contribution in [2.45, 2.75) is 6.42 Å². The molecule has 0 unspecified atom stereocenters. The van der Waals surface area contributed by atoms with Crippen molar-refractivity contribution in [2.75, 3.05) is 12.5 Å². The summed E-state index contributed by atoms with van der Waals surface area (Å²) >= 11 is 3.49. The van der Waals surface area contributed by atoms with Crippen molar-refractivity contribution in [2.24, 2.45) is 0 Å². The molecule has 5 rings (SSSR count). The van der Waals surface area contributed by atoms with E-state index in [0.717, 1.165) is 38.3 Å². The van der Waals surface area contributed by atoms with Crippen LogP contribution in [-0.4, -0.2) is 26.4 Å². The summed E-state index contributed by atoms with van der Waals surface area (Å²) < 4.78 is 13.5. The minimum absolute atomic E-state index is 0.226. The molecule has 4 aromatic rings. The lowest BCUT2D eigenvalue weighted by Crippen LogP contribution is -2.05. The van der Waals surface area contributed by atoms with Gasteiger partial charge in [0.2, 0.25) is 12.7 Å². The fourth-order valence-electron chi connectivity index (χ4n) is 3.00. The smallest absolute Gasteiger partial charge is 0.240 e. The molecule has 0 fully saturated rings. The van der Waals surface area contributed by atoms with Crippen LogP contribution in [0.25, 0.3) is 16.6 Å². The van der Waals surface area contributed by atoms with Crippen LogP contribution in [0.3, 0.4) is 0 Å². The Hall–Kier alpha value is -2.87. The number of nitrogen functional groups attached to an aromatic ring is 1. The van der Waals surface area contributed by atoms with E-state index in [1.807, 2.05) is 36.4 Å². The van der Waals surface area contributed by atoms with E-state index in [2.05, 4.69) is 26.0 Å². The molecule has 1 aliphatic rings. The average molecular weight is 398 g/mol. The fourth-order valence-corrected chi connectivity index (χ4v) is 3.35. The molecule has 2 aromatic carbocycles. The Kier molecular flexibility index (Phi) is 3.08. The number of aromatic nitrogens is 4. The second kappa shape index (κ2) is 5.32. The second-order valence-electron chi connectivity index (χ2n) is 5.76. The summed E-state index contributed by atoms with van der Waals surface area (Å²) in [5, 5.41) is 5.21. The van der Waals surface area contributed by atoms with Gasteiger partial charge in [0, 0.05) is 16.3 Å². The molecule has 0 saturated heterocycles. The van der Waals surface area contributed by atoms with Crippen LogP contribution in [0.2, 0.25) is 0 Å². The largest absolute Gasteiger partial charge is 0.454 e. The van der Waals surface area contributed by atoms with Crippen LogP contribution < -0.4 is 15.2 Å². The van der Waals surface area contributed by atoms with Gasteiger partial charge in [-0.05, 0) is 35.9 Å². The predicted molar refractivity (Wildman–Crippen MR) is 95.8 cm³/mol. The summed E-state index contributed by atoms with van der Waals surface area (Å²) in [4.78, 5) is 9.13. The van der Waals surface area contributed by atoms with E-state index in [0.29, 0.717) is 12.1 Å². The van der Waals surface area contributed by atoms with Crippen LogP contribution >= 0.6 is 15.9 Å². The molecule has 8 heteroatoms. The highest BCUT2D eigenvalue weighted by atomic mass is 79.9. The summed E-state index contributed by atoms with van der Waals surface area (Å²) in [5.41, 5.74) is 8.41. The highest BCUT2D eigenvalue weighted by molar-refractivity contribution is 9.10. The van der Waals surface area contributed by atoms with Gasteiger partial charge in [-0.25, -0.2) is 4.98 Å². The number of halogens is 1. The minimum Gasteiger partial charge on any atom is -0.454 e. The highest BCUT2D eigenvalue weighted by Gasteiger charge is 2.16. The van der Waals surface area contributed by atoms with Gasteiger partial charge in [0.05, 0.1) is 5.52 Å². The van der Waals surface area contributed by atoms with Crippen LogP contribution in [0.4, 0.5) is 5.95 Å². The average Bonchev–Trinajstić information content (AvgIpc) is 3.20. The SMILES string of the molecule is Nc1nc2c3ccc(Br)cc3nc(Cc3ccc4c(c3)OCO4)n2n1. The highest BCUT2D eigenvalue weighted by Crippen LogP contribution is 2.33. The first-order chi connectivity index (χ1) is 12.2. The molecule has 1 aliphatic heterocycles. The maximum Gasteiger partial charge on any atom is 0.240 e. The van der Waals surface area contributed by atoms with Gasteiger partial charge in [-0.2, -0.15) is 9.50 Å². The third-order valence-electron chi connectivity index (χ3n) is 4.12. The molecule has 124 valence electrons. The summed E-state index contributed by atoms with van der Waals surface area (Å²) in [6.07, 6.45) is 0.568. The van der Waals surface area contributed by atoms with E-state index in [4.69, 9.17) is 20.2 Å². The van der Waals surface area contributed by atoms with Gasteiger partial charge in [0.15, 0.2) is 17.1 Å². The lowest BCUT2D eigenvalue weighted by Gasteiger charge is -2.08. The monoisotopic (exact) mass is 397 g/mol. The van der Waals surface area contributed by atoms with Crippen molar-refractivity contribution >= 4 is 38.4 Å². The molecule has 25 heavy (non-hydrogen) atoms. The Balaban J connectivity index is 1.68. The fraction of sp³-hybridized carbons (Fsp3) is 0.118. The van der Waals surface area contributed by atoms with Crippen molar-refractivity contribution in [1.82, 2.24) is 19.6 Å². The first-order valence-electron chi connectivity index (χ1n) is 7.66. The zero-order chi connectivity index (χ0) is 17.0. The number of nitrogens with zero attached hydrogens (tertiary/aromatic N) is 4. The molecule has 0 bridgehead atoms. The molecule has 0 spiro atoms. The maximum absolute atomic E-state index is 5.83. The molecular weight excluding hydrogens is 386 g/mol. The molecule has 3 heterocycles. The van der Waals surface area contributed by atoms with E-state index in [1.165, 1.54) is 0 Å². The van der Waals surface area contributed by atoms with Crippen LogP contribution in [0.5, 0.6) is 11.5 Å². The topological polar surface area (TPSA) is 87.6 Å². The van der Waals surface area contributed by atoms with E-state index >= 15 is 0 Å². The number of nitrogens with two attached hydrogens (primary N) is 1. The lowest BCUT2D eigenvalue weighted by molar-refractivity contribution is 0.174. The first kappa shape index (κ1) is 14.5. The maximum atomic E-state index is 5.83. The van der Waals surface area contributed by atoms with E-state index in [-0.39, 0.29) is 12.7 Å². The minimum atomic E-state index is 0.226. The summed E-state index contributed by atoms with van der Waals surface area (Å²) in [7, 11) is 0. The van der Waals surface area contributed by atoms with Crippen molar-refractivity contribution in [3.63, 3.8) is 0 Å². The van der Waals surface area contributed by atoms with Crippen molar-refractivity contribution < 1.29 is 9.47 Å². The normalized spacial score (nSPS) is 13.0. The van der Waals surface area contributed by atoms with E-state index < -0.39 is 0 Å².